The second-order valence-electron chi connectivity index (χ2n) is 9.31. The first-order chi connectivity index (χ1) is 17.3. The van der Waals surface area contributed by atoms with E-state index in [1.165, 1.54) is 4.31 Å². The molecule has 1 heterocycles. The SMILES string of the molecule is COc1ccc([C@H](CC(C)C)NC(=O)[C@H]2CN(S(=O)(=O)Cc3ccccc3)c3ccccc3O2)cc1. The van der Waals surface area contributed by atoms with Gasteiger partial charge in [0.2, 0.25) is 10.0 Å². The molecule has 36 heavy (non-hydrogen) atoms. The molecule has 0 fully saturated rings. The first-order valence-electron chi connectivity index (χ1n) is 12.0. The van der Waals surface area contributed by atoms with Crippen molar-refractivity contribution in [2.24, 2.45) is 5.92 Å². The van der Waals surface area contributed by atoms with Crippen molar-refractivity contribution < 1.29 is 22.7 Å². The van der Waals surface area contributed by atoms with E-state index in [1.807, 2.05) is 42.5 Å². The molecule has 1 N–H and O–H groups in total. The van der Waals surface area contributed by atoms with Gasteiger partial charge >= 0.3 is 0 Å². The van der Waals surface area contributed by atoms with Gasteiger partial charge in [-0.3, -0.25) is 9.10 Å². The zero-order chi connectivity index (χ0) is 25.7. The minimum Gasteiger partial charge on any atom is -0.497 e. The molecule has 3 aromatic carbocycles. The maximum absolute atomic E-state index is 13.5. The van der Waals surface area contributed by atoms with Crippen molar-refractivity contribution >= 4 is 21.6 Å². The molecule has 3 aromatic rings. The molecule has 1 amide bonds. The monoisotopic (exact) mass is 508 g/mol. The van der Waals surface area contributed by atoms with Gasteiger partial charge in [-0.2, -0.15) is 0 Å². The number of nitrogens with zero attached hydrogens (tertiary/aromatic N) is 1. The van der Waals surface area contributed by atoms with Crippen LogP contribution in [0.15, 0.2) is 78.9 Å². The van der Waals surface area contributed by atoms with Gasteiger partial charge in [0.25, 0.3) is 5.91 Å². The topological polar surface area (TPSA) is 84.9 Å². The number of hydrogen-bond acceptors (Lipinski definition) is 5. The third-order valence-corrected chi connectivity index (χ3v) is 7.81. The van der Waals surface area contributed by atoms with E-state index in [1.54, 1.807) is 43.5 Å². The number of methoxy groups -OCH3 is 1. The van der Waals surface area contributed by atoms with Gasteiger partial charge in [-0.1, -0.05) is 68.4 Å². The van der Waals surface area contributed by atoms with E-state index in [9.17, 15) is 13.2 Å². The number of benzene rings is 3. The summed E-state index contributed by atoms with van der Waals surface area (Å²) in [6.07, 6.45) is -0.268. The number of hydrogen-bond donors (Lipinski definition) is 1. The lowest BCUT2D eigenvalue weighted by Gasteiger charge is -2.35. The summed E-state index contributed by atoms with van der Waals surface area (Å²) in [5.41, 5.74) is 2.06. The predicted octanol–water partition coefficient (Wildman–Crippen LogP) is 4.70. The van der Waals surface area contributed by atoms with Gasteiger partial charge < -0.3 is 14.8 Å². The van der Waals surface area contributed by atoms with Crippen LogP contribution in [-0.2, 0) is 20.6 Å². The molecule has 2 atom stereocenters. The van der Waals surface area contributed by atoms with Crippen LogP contribution in [0.25, 0.3) is 0 Å². The number of carbonyl (C=O) groups is 1. The number of nitrogens with one attached hydrogen (secondary N) is 1. The Morgan fingerprint density at radius 3 is 2.36 bits per heavy atom. The molecule has 0 saturated heterocycles. The van der Waals surface area contributed by atoms with Crippen LogP contribution in [0.5, 0.6) is 11.5 Å². The highest BCUT2D eigenvalue weighted by atomic mass is 32.2. The van der Waals surface area contributed by atoms with Crippen molar-refractivity contribution in [2.45, 2.75) is 38.2 Å². The maximum Gasteiger partial charge on any atom is 0.263 e. The van der Waals surface area contributed by atoms with Crippen molar-refractivity contribution in [3.05, 3.63) is 90.0 Å². The molecule has 0 aliphatic carbocycles. The summed E-state index contributed by atoms with van der Waals surface area (Å²) >= 11 is 0. The van der Waals surface area contributed by atoms with Gasteiger partial charge in [0.05, 0.1) is 31.1 Å². The van der Waals surface area contributed by atoms with Crippen LogP contribution >= 0.6 is 0 Å². The van der Waals surface area contributed by atoms with E-state index in [-0.39, 0.29) is 24.2 Å². The molecule has 1 aliphatic heterocycles. The molecule has 0 radical (unpaired) electrons. The summed E-state index contributed by atoms with van der Waals surface area (Å²) in [5.74, 6) is 0.905. The van der Waals surface area contributed by atoms with Crippen molar-refractivity contribution in [3.8, 4) is 11.5 Å². The minimum atomic E-state index is -3.76. The summed E-state index contributed by atoms with van der Waals surface area (Å²) in [7, 11) is -2.15. The minimum absolute atomic E-state index is 0.102. The summed E-state index contributed by atoms with van der Waals surface area (Å²) < 4.78 is 39.5. The molecule has 0 saturated carbocycles. The maximum atomic E-state index is 13.5. The van der Waals surface area contributed by atoms with Crippen LogP contribution in [0.3, 0.4) is 0 Å². The Balaban J connectivity index is 1.58. The summed E-state index contributed by atoms with van der Waals surface area (Å²) in [5, 5.41) is 3.10. The van der Waals surface area contributed by atoms with Crippen molar-refractivity contribution in [2.75, 3.05) is 18.0 Å². The number of carbonyl (C=O) groups excluding carboxylic acids is 1. The van der Waals surface area contributed by atoms with Gasteiger partial charge in [-0.25, -0.2) is 8.42 Å². The third kappa shape index (κ3) is 5.99. The predicted molar refractivity (Wildman–Crippen MR) is 141 cm³/mol. The fraction of sp³-hybridized carbons (Fsp3) is 0.321. The standard InChI is InChI=1S/C28H32N2O5S/c1-20(2)17-24(22-13-15-23(34-3)16-14-22)29-28(31)27-18-30(25-11-7-8-12-26(25)35-27)36(32,33)19-21-9-5-4-6-10-21/h4-16,20,24,27H,17-19H2,1-3H3,(H,29,31)/t24-,27+/m0/s1. The Labute approximate surface area is 213 Å². The highest BCUT2D eigenvalue weighted by Gasteiger charge is 2.37. The number of ether oxygens (including phenoxy) is 2. The quantitative estimate of drug-likeness (QED) is 0.453. The molecule has 4 rings (SSSR count). The van der Waals surface area contributed by atoms with Gasteiger partial charge in [-0.15, -0.1) is 0 Å². The lowest BCUT2D eigenvalue weighted by atomic mass is 9.96. The number of anilines is 1. The largest absolute Gasteiger partial charge is 0.497 e. The van der Waals surface area contributed by atoms with E-state index in [0.29, 0.717) is 22.9 Å². The average molecular weight is 509 g/mol. The lowest BCUT2D eigenvalue weighted by Crippen LogP contribution is -2.51. The molecular formula is C28H32N2O5S. The molecule has 8 heteroatoms. The molecule has 0 bridgehead atoms. The summed E-state index contributed by atoms with van der Waals surface area (Å²) in [6, 6.07) is 23.3. The fourth-order valence-electron chi connectivity index (χ4n) is 4.32. The second-order valence-corrected chi connectivity index (χ2v) is 11.2. The van der Waals surface area contributed by atoms with Gasteiger partial charge in [0.15, 0.2) is 6.10 Å². The van der Waals surface area contributed by atoms with Crippen LogP contribution in [-0.4, -0.2) is 34.1 Å². The second kappa shape index (κ2) is 11.0. The number of amides is 1. The molecule has 0 spiro atoms. The molecule has 190 valence electrons. The van der Waals surface area contributed by atoms with Crippen LogP contribution < -0.4 is 19.1 Å². The first kappa shape index (κ1) is 25.6. The number of rotatable bonds is 9. The van der Waals surface area contributed by atoms with Crippen molar-refractivity contribution in [1.29, 1.82) is 0 Å². The van der Waals surface area contributed by atoms with E-state index in [0.717, 1.165) is 17.7 Å². The summed E-state index contributed by atoms with van der Waals surface area (Å²) in [6.45, 7) is 4.08. The smallest absolute Gasteiger partial charge is 0.263 e. The Morgan fingerprint density at radius 1 is 1.03 bits per heavy atom. The summed E-state index contributed by atoms with van der Waals surface area (Å²) in [4.78, 5) is 13.4. The Morgan fingerprint density at radius 2 is 1.69 bits per heavy atom. The Hall–Kier alpha value is -3.52. The van der Waals surface area contributed by atoms with E-state index in [2.05, 4.69) is 19.2 Å². The zero-order valence-corrected chi connectivity index (χ0v) is 21.6. The highest BCUT2D eigenvalue weighted by Crippen LogP contribution is 2.36. The van der Waals surface area contributed by atoms with Crippen molar-refractivity contribution in [1.82, 2.24) is 5.32 Å². The van der Waals surface area contributed by atoms with E-state index >= 15 is 0 Å². The van der Waals surface area contributed by atoms with Crippen LogP contribution in [0, 0.1) is 5.92 Å². The number of sulfonamides is 1. The number of para-hydroxylation sites is 2. The molecule has 7 nitrogen and oxygen atoms in total. The van der Waals surface area contributed by atoms with Gasteiger partial charge in [0.1, 0.15) is 11.5 Å². The van der Waals surface area contributed by atoms with Crippen LogP contribution in [0.2, 0.25) is 0 Å². The number of fused-ring (bicyclic) bond motifs is 1. The van der Waals surface area contributed by atoms with E-state index in [4.69, 9.17) is 9.47 Å². The molecule has 0 aromatic heterocycles. The van der Waals surface area contributed by atoms with Crippen LogP contribution in [0.1, 0.15) is 37.4 Å². The third-order valence-electron chi connectivity index (χ3n) is 6.10. The molecular weight excluding hydrogens is 476 g/mol. The average Bonchev–Trinajstić information content (AvgIpc) is 2.87. The normalized spacial score (nSPS) is 16.1. The van der Waals surface area contributed by atoms with Gasteiger partial charge in [-0.05, 0) is 47.7 Å². The Kier molecular flexibility index (Phi) is 7.84. The van der Waals surface area contributed by atoms with Gasteiger partial charge in [0, 0.05) is 0 Å². The lowest BCUT2D eigenvalue weighted by molar-refractivity contribution is -0.128. The molecule has 1 aliphatic rings. The molecule has 0 unspecified atom stereocenters. The highest BCUT2D eigenvalue weighted by molar-refractivity contribution is 7.92. The first-order valence-corrected chi connectivity index (χ1v) is 13.6. The van der Waals surface area contributed by atoms with Crippen molar-refractivity contribution in [3.63, 3.8) is 0 Å². The van der Waals surface area contributed by atoms with E-state index < -0.39 is 16.1 Å². The Bertz CT molecular complexity index is 1280. The zero-order valence-electron chi connectivity index (χ0n) is 20.8. The fourth-order valence-corrected chi connectivity index (χ4v) is 5.90. The van der Waals surface area contributed by atoms with Crippen LogP contribution in [0.4, 0.5) is 5.69 Å².